The SMILES string of the molecule is O=C(CSC1CCC(F)(F)CC1)N1N=C(c2cccs2)CC1c1ccco1. The van der Waals surface area contributed by atoms with Crippen molar-refractivity contribution in [2.75, 3.05) is 5.75 Å². The third kappa shape index (κ3) is 4.27. The zero-order valence-electron chi connectivity index (χ0n) is 14.6. The Labute approximate surface area is 164 Å². The van der Waals surface area contributed by atoms with Crippen LogP contribution in [0.3, 0.4) is 0 Å². The van der Waals surface area contributed by atoms with Gasteiger partial charge in [0.2, 0.25) is 5.92 Å². The molecule has 27 heavy (non-hydrogen) atoms. The van der Waals surface area contributed by atoms with Gasteiger partial charge in [-0.15, -0.1) is 23.1 Å². The van der Waals surface area contributed by atoms with Gasteiger partial charge in [0.1, 0.15) is 11.8 Å². The minimum absolute atomic E-state index is 0.0850. The zero-order chi connectivity index (χ0) is 18.9. The fourth-order valence-electron chi connectivity index (χ4n) is 3.47. The predicted octanol–water partition coefficient (Wildman–Crippen LogP) is 5.33. The highest BCUT2D eigenvalue weighted by molar-refractivity contribution is 8.00. The number of alkyl halides is 2. The molecule has 8 heteroatoms. The lowest BCUT2D eigenvalue weighted by Gasteiger charge is -2.28. The summed E-state index contributed by atoms with van der Waals surface area (Å²) >= 11 is 3.06. The van der Waals surface area contributed by atoms with E-state index in [1.165, 1.54) is 16.8 Å². The fourth-order valence-corrected chi connectivity index (χ4v) is 5.27. The number of hydrogen-bond donors (Lipinski definition) is 0. The maximum absolute atomic E-state index is 13.3. The van der Waals surface area contributed by atoms with Crippen LogP contribution in [0.5, 0.6) is 0 Å². The molecule has 1 fully saturated rings. The summed E-state index contributed by atoms with van der Waals surface area (Å²) in [7, 11) is 0. The van der Waals surface area contributed by atoms with Crippen LogP contribution >= 0.6 is 23.1 Å². The van der Waals surface area contributed by atoms with E-state index in [1.807, 2.05) is 23.6 Å². The van der Waals surface area contributed by atoms with Gasteiger partial charge in [0, 0.05) is 24.5 Å². The van der Waals surface area contributed by atoms with Crippen LogP contribution in [0.4, 0.5) is 8.78 Å². The summed E-state index contributed by atoms with van der Waals surface area (Å²) < 4.78 is 32.1. The van der Waals surface area contributed by atoms with Crippen LogP contribution < -0.4 is 0 Å². The number of nitrogens with zero attached hydrogens (tertiary/aromatic N) is 2. The lowest BCUT2D eigenvalue weighted by atomic mass is 9.96. The Bertz CT molecular complexity index is 796. The molecular formula is C19H20F2N2O2S2. The van der Waals surface area contributed by atoms with E-state index in [-0.39, 0.29) is 35.8 Å². The minimum Gasteiger partial charge on any atom is -0.467 e. The van der Waals surface area contributed by atoms with Crippen molar-refractivity contribution in [3.8, 4) is 0 Å². The van der Waals surface area contributed by atoms with E-state index < -0.39 is 5.92 Å². The summed E-state index contributed by atoms with van der Waals surface area (Å²) in [6, 6.07) is 7.37. The maximum Gasteiger partial charge on any atom is 0.253 e. The summed E-state index contributed by atoms with van der Waals surface area (Å²) in [6.07, 6.45) is 2.95. The lowest BCUT2D eigenvalue weighted by molar-refractivity contribution is -0.130. The van der Waals surface area contributed by atoms with E-state index in [4.69, 9.17) is 4.42 Å². The fraction of sp³-hybridized carbons (Fsp3) is 0.474. The third-order valence-corrected chi connectivity index (χ3v) is 7.23. The van der Waals surface area contributed by atoms with Gasteiger partial charge in [-0.25, -0.2) is 13.8 Å². The number of furan rings is 1. The van der Waals surface area contributed by atoms with Gasteiger partial charge in [0.05, 0.1) is 22.6 Å². The largest absolute Gasteiger partial charge is 0.467 e. The topological polar surface area (TPSA) is 45.8 Å². The Balaban J connectivity index is 1.43. The highest BCUT2D eigenvalue weighted by Gasteiger charge is 2.37. The molecule has 2 aromatic rings. The van der Waals surface area contributed by atoms with Gasteiger partial charge in [-0.2, -0.15) is 5.10 Å². The van der Waals surface area contributed by atoms with E-state index in [1.54, 1.807) is 23.7 Å². The number of thioether (sulfide) groups is 1. The Kier molecular flexibility index (Phi) is 5.36. The number of hydrazone groups is 1. The van der Waals surface area contributed by atoms with Crippen LogP contribution in [-0.2, 0) is 4.79 Å². The van der Waals surface area contributed by atoms with Crippen molar-refractivity contribution in [2.24, 2.45) is 5.10 Å². The molecule has 0 radical (unpaired) electrons. The van der Waals surface area contributed by atoms with Gasteiger partial charge >= 0.3 is 0 Å². The van der Waals surface area contributed by atoms with Gasteiger partial charge in [-0.1, -0.05) is 6.07 Å². The van der Waals surface area contributed by atoms with Crippen molar-refractivity contribution in [1.82, 2.24) is 5.01 Å². The van der Waals surface area contributed by atoms with Crippen LogP contribution in [0.15, 0.2) is 45.4 Å². The second kappa shape index (κ2) is 7.75. The summed E-state index contributed by atoms with van der Waals surface area (Å²) in [4.78, 5) is 13.9. The monoisotopic (exact) mass is 410 g/mol. The van der Waals surface area contributed by atoms with Crippen LogP contribution in [-0.4, -0.2) is 33.6 Å². The van der Waals surface area contributed by atoms with Gasteiger partial charge in [0.15, 0.2) is 0 Å². The second-order valence-corrected chi connectivity index (χ2v) is 9.10. The molecule has 0 bridgehead atoms. The molecule has 144 valence electrons. The Morgan fingerprint density at radius 2 is 2.15 bits per heavy atom. The molecule has 1 aliphatic heterocycles. The summed E-state index contributed by atoms with van der Waals surface area (Å²) in [5.74, 6) is -1.69. The zero-order valence-corrected chi connectivity index (χ0v) is 16.3. The first-order valence-electron chi connectivity index (χ1n) is 8.98. The molecule has 2 aliphatic rings. The molecule has 1 amide bonds. The van der Waals surface area contributed by atoms with Crippen LogP contribution in [0.1, 0.15) is 48.8 Å². The molecule has 0 N–H and O–H groups in total. The lowest BCUT2D eigenvalue weighted by Crippen LogP contribution is -2.30. The summed E-state index contributed by atoms with van der Waals surface area (Å²) in [5.41, 5.74) is 0.877. The molecule has 1 aliphatic carbocycles. The molecule has 1 unspecified atom stereocenters. The first-order valence-corrected chi connectivity index (χ1v) is 10.9. The molecule has 0 aromatic carbocycles. The van der Waals surface area contributed by atoms with Gasteiger partial charge in [0.25, 0.3) is 5.91 Å². The molecule has 3 heterocycles. The number of amides is 1. The van der Waals surface area contributed by atoms with Gasteiger partial charge in [-0.05, 0) is 36.4 Å². The maximum atomic E-state index is 13.3. The van der Waals surface area contributed by atoms with Gasteiger partial charge in [-0.3, -0.25) is 4.79 Å². The normalized spacial score (nSPS) is 22.8. The van der Waals surface area contributed by atoms with Crippen LogP contribution in [0.2, 0.25) is 0 Å². The van der Waals surface area contributed by atoms with Crippen LogP contribution in [0, 0.1) is 0 Å². The van der Waals surface area contributed by atoms with Crippen molar-refractivity contribution in [3.63, 3.8) is 0 Å². The Morgan fingerprint density at radius 3 is 2.81 bits per heavy atom. The number of halogens is 2. The van der Waals surface area contributed by atoms with E-state index >= 15 is 0 Å². The van der Waals surface area contributed by atoms with Crippen molar-refractivity contribution >= 4 is 34.7 Å². The standard InChI is InChI=1S/C19H20F2N2O2S2/c20-19(21)7-5-13(6-8-19)27-12-18(24)23-15(16-3-1-9-25-16)11-14(22-23)17-4-2-10-26-17/h1-4,9-10,13,15H,5-8,11-12H2. The molecule has 0 spiro atoms. The number of rotatable bonds is 5. The highest BCUT2D eigenvalue weighted by atomic mass is 32.2. The van der Waals surface area contributed by atoms with E-state index in [0.717, 1.165) is 10.6 Å². The van der Waals surface area contributed by atoms with E-state index in [9.17, 15) is 13.6 Å². The molecular weight excluding hydrogens is 390 g/mol. The number of carbonyl (C=O) groups excluding carboxylic acids is 1. The average molecular weight is 411 g/mol. The number of carbonyl (C=O) groups is 1. The second-order valence-electron chi connectivity index (χ2n) is 6.86. The van der Waals surface area contributed by atoms with Gasteiger partial charge < -0.3 is 4.42 Å². The minimum atomic E-state index is -2.54. The van der Waals surface area contributed by atoms with E-state index in [0.29, 0.717) is 25.0 Å². The quantitative estimate of drug-likeness (QED) is 0.669. The molecule has 1 saturated carbocycles. The molecule has 2 aromatic heterocycles. The Hall–Kier alpha value is -1.67. The van der Waals surface area contributed by atoms with Crippen molar-refractivity contribution in [3.05, 3.63) is 46.5 Å². The van der Waals surface area contributed by atoms with Crippen molar-refractivity contribution in [1.29, 1.82) is 0 Å². The molecule has 0 saturated heterocycles. The molecule has 4 nitrogen and oxygen atoms in total. The molecule has 4 rings (SSSR count). The highest BCUT2D eigenvalue weighted by Crippen LogP contribution is 2.39. The van der Waals surface area contributed by atoms with E-state index in [2.05, 4.69) is 5.10 Å². The average Bonchev–Trinajstić information content (AvgIpc) is 3.40. The predicted molar refractivity (Wildman–Crippen MR) is 103 cm³/mol. The third-order valence-electron chi connectivity index (χ3n) is 4.95. The number of thiophene rings is 1. The number of hydrogen-bond acceptors (Lipinski definition) is 5. The Morgan fingerprint density at radius 1 is 1.33 bits per heavy atom. The smallest absolute Gasteiger partial charge is 0.253 e. The van der Waals surface area contributed by atoms with Crippen molar-refractivity contribution < 1.29 is 18.0 Å². The molecule has 1 atom stereocenters. The van der Waals surface area contributed by atoms with Crippen LogP contribution in [0.25, 0.3) is 0 Å². The summed E-state index contributed by atoms with van der Waals surface area (Å²) in [6.45, 7) is 0. The first-order chi connectivity index (χ1) is 13.0. The first kappa shape index (κ1) is 18.7. The summed E-state index contributed by atoms with van der Waals surface area (Å²) in [5, 5.41) is 8.18. The van der Waals surface area contributed by atoms with Crippen molar-refractivity contribution in [2.45, 2.75) is 49.3 Å².